The normalized spacial score (nSPS) is 17.3. The Bertz CT molecular complexity index is 1480. The number of halogens is 2. The van der Waals surface area contributed by atoms with Crippen molar-refractivity contribution in [2.45, 2.75) is 31.7 Å². The molecule has 0 spiro atoms. The second-order valence-corrected chi connectivity index (χ2v) is 8.32. The van der Waals surface area contributed by atoms with E-state index in [2.05, 4.69) is 26.1 Å². The molecule has 0 fully saturated rings. The molecule has 10 heteroatoms. The summed E-state index contributed by atoms with van der Waals surface area (Å²) in [4.78, 5) is 13.3. The molecule has 0 bridgehead atoms. The van der Waals surface area contributed by atoms with Crippen LogP contribution in [0.3, 0.4) is 0 Å². The summed E-state index contributed by atoms with van der Waals surface area (Å²) in [6.45, 7) is 2.48. The van der Waals surface area contributed by atoms with E-state index in [-0.39, 0.29) is 0 Å². The Morgan fingerprint density at radius 2 is 2.03 bits per heavy atom. The lowest BCUT2D eigenvalue weighted by Crippen LogP contribution is -2.34. The summed E-state index contributed by atoms with van der Waals surface area (Å²) < 4.78 is 36.4. The Hall–Kier alpha value is -4.39. The molecule has 1 unspecified atom stereocenters. The number of rotatable bonds is 5. The van der Waals surface area contributed by atoms with Crippen molar-refractivity contribution in [2.24, 2.45) is 0 Å². The Morgan fingerprint density at radius 3 is 2.74 bits per heavy atom. The maximum atomic E-state index is 14.0. The number of aryl methyl sites for hydroxylation is 2. The van der Waals surface area contributed by atoms with Crippen LogP contribution in [0.25, 0.3) is 18.0 Å². The lowest BCUT2D eigenvalue weighted by Gasteiger charge is -2.30. The maximum absolute atomic E-state index is 14.0. The summed E-state index contributed by atoms with van der Waals surface area (Å²) >= 11 is 0. The van der Waals surface area contributed by atoms with Crippen molar-refractivity contribution in [3.8, 4) is 17.6 Å². The fourth-order valence-corrected chi connectivity index (χ4v) is 4.31. The molecule has 4 heterocycles. The van der Waals surface area contributed by atoms with Gasteiger partial charge in [0.2, 0.25) is 0 Å². The summed E-state index contributed by atoms with van der Waals surface area (Å²) in [5, 5.41) is 14.6. The maximum Gasteiger partial charge on any atom is 0.180 e. The first-order valence-electron chi connectivity index (χ1n) is 11.0. The van der Waals surface area contributed by atoms with E-state index in [0.29, 0.717) is 48.2 Å². The molecule has 1 aromatic carbocycles. The van der Waals surface area contributed by atoms with Crippen LogP contribution in [0.4, 0.5) is 8.78 Å². The molecule has 0 N–H and O–H groups in total. The quantitative estimate of drug-likeness (QED) is 0.431. The van der Waals surface area contributed by atoms with Gasteiger partial charge < -0.3 is 4.74 Å². The van der Waals surface area contributed by atoms with E-state index in [1.807, 2.05) is 19.2 Å². The lowest BCUT2D eigenvalue weighted by atomic mass is 9.75. The summed E-state index contributed by atoms with van der Waals surface area (Å²) in [5.74, 6) is 0.0519. The third-order valence-electron chi connectivity index (χ3n) is 6.05. The fourth-order valence-electron chi connectivity index (χ4n) is 4.31. The molecule has 0 aliphatic carbocycles. The second kappa shape index (κ2) is 8.76. The van der Waals surface area contributed by atoms with Gasteiger partial charge in [-0.15, -0.1) is 0 Å². The molecule has 3 aromatic heterocycles. The van der Waals surface area contributed by atoms with Gasteiger partial charge >= 0.3 is 0 Å². The fraction of sp³-hybridized carbons (Fsp3) is 0.240. The standard InChI is InChI=1S/C25H21F2N7O/c1-16-13-33(15-30-16)23-21(35-2)10-17(12-29-23)4-7-22-31-24-25(14-28,8-3-9-34(24)32-22)18-5-6-19(26)20(27)11-18/h4-7,10-13,15H,3,8-9H2,1-2H3/b7-4+. The van der Waals surface area contributed by atoms with Crippen LogP contribution in [-0.4, -0.2) is 36.4 Å². The molecule has 5 rings (SSSR count). The minimum Gasteiger partial charge on any atom is -0.493 e. The van der Waals surface area contributed by atoms with Gasteiger partial charge in [-0.25, -0.2) is 28.4 Å². The number of nitriles is 1. The number of aromatic nitrogens is 6. The summed E-state index contributed by atoms with van der Waals surface area (Å²) in [5.41, 5.74) is 0.787. The van der Waals surface area contributed by atoms with E-state index in [4.69, 9.17) is 4.74 Å². The monoisotopic (exact) mass is 473 g/mol. The van der Waals surface area contributed by atoms with Crippen LogP contribution in [0.5, 0.6) is 5.75 Å². The molecule has 0 saturated heterocycles. The smallest absolute Gasteiger partial charge is 0.180 e. The van der Waals surface area contributed by atoms with Crippen LogP contribution >= 0.6 is 0 Å². The van der Waals surface area contributed by atoms with Crippen molar-refractivity contribution < 1.29 is 13.5 Å². The number of nitrogens with zero attached hydrogens (tertiary/aromatic N) is 7. The Labute approximate surface area is 200 Å². The molecule has 0 amide bonds. The zero-order chi connectivity index (χ0) is 24.6. The van der Waals surface area contributed by atoms with Crippen molar-refractivity contribution in [1.29, 1.82) is 5.26 Å². The molecule has 4 aromatic rings. The minimum atomic E-state index is -1.21. The van der Waals surface area contributed by atoms with Gasteiger partial charge in [0, 0.05) is 18.9 Å². The van der Waals surface area contributed by atoms with E-state index in [1.54, 1.807) is 41.0 Å². The molecule has 176 valence electrons. The van der Waals surface area contributed by atoms with Crippen LogP contribution in [0.15, 0.2) is 43.0 Å². The van der Waals surface area contributed by atoms with E-state index >= 15 is 0 Å². The number of hydrogen-bond acceptors (Lipinski definition) is 6. The van der Waals surface area contributed by atoms with Gasteiger partial charge in [-0.05, 0) is 61.2 Å². The highest BCUT2D eigenvalue weighted by atomic mass is 19.2. The molecular weight excluding hydrogens is 452 g/mol. The van der Waals surface area contributed by atoms with E-state index in [1.165, 1.54) is 6.07 Å². The zero-order valence-corrected chi connectivity index (χ0v) is 19.1. The molecule has 1 atom stereocenters. The highest BCUT2D eigenvalue weighted by Crippen LogP contribution is 2.39. The van der Waals surface area contributed by atoms with Crippen LogP contribution in [0, 0.1) is 29.9 Å². The number of methoxy groups -OCH3 is 1. The van der Waals surface area contributed by atoms with Crippen LogP contribution in [0.2, 0.25) is 0 Å². The number of hydrogen-bond donors (Lipinski definition) is 0. The third-order valence-corrected chi connectivity index (χ3v) is 6.05. The number of benzene rings is 1. The van der Waals surface area contributed by atoms with Crippen molar-refractivity contribution in [3.05, 3.63) is 83.1 Å². The zero-order valence-electron chi connectivity index (χ0n) is 19.1. The number of imidazole rings is 1. The van der Waals surface area contributed by atoms with E-state index in [9.17, 15) is 14.0 Å². The highest BCUT2D eigenvalue weighted by Gasteiger charge is 2.42. The molecule has 0 saturated carbocycles. The first-order chi connectivity index (χ1) is 16.9. The van der Waals surface area contributed by atoms with Gasteiger partial charge in [-0.3, -0.25) is 4.57 Å². The lowest BCUT2D eigenvalue weighted by molar-refractivity contribution is 0.390. The van der Waals surface area contributed by atoms with Crippen molar-refractivity contribution in [1.82, 2.24) is 29.3 Å². The minimum absolute atomic E-state index is 0.363. The van der Waals surface area contributed by atoms with Crippen molar-refractivity contribution in [2.75, 3.05) is 7.11 Å². The summed E-state index contributed by atoms with van der Waals surface area (Å²) in [6, 6.07) is 7.67. The van der Waals surface area contributed by atoms with Crippen LogP contribution < -0.4 is 4.74 Å². The van der Waals surface area contributed by atoms with Crippen LogP contribution in [0.1, 0.15) is 41.3 Å². The molecule has 35 heavy (non-hydrogen) atoms. The Morgan fingerprint density at radius 1 is 1.17 bits per heavy atom. The van der Waals surface area contributed by atoms with Gasteiger partial charge in [0.1, 0.15) is 11.7 Å². The highest BCUT2D eigenvalue weighted by molar-refractivity contribution is 5.68. The van der Waals surface area contributed by atoms with Gasteiger partial charge in [0.15, 0.2) is 34.9 Å². The SMILES string of the molecule is COc1cc(/C=C/c2nc3n(n2)CCCC3(C#N)c2ccc(F)c(F)c2)cnc1-n1cnc(C)c1. The van der Waals surface area contributed by atoms with Gasteiger partial charge in [0.05, 0.1) is 18.9 Å². The van der Waals surface area contributed by atoms with Crippen molar-refractivity contribution >= 4 is 12.2 Å². The first kappa shape index (κ1) is 22.4. The molecule has 1 aliphatic rings. The van der Waals surface area contributed by atoms with Crippen LogP contribution in [-0.2, 0) is 12.0 Å². The third kappa shape index (κ3) is 3.95. The first-order valence-corrected chi connectivity index (χ1v) is 11.0. The summed E-state index contributed by atoms with van der Waals surface area (Å²) in [6.07, 6.45) is 9.83. The Balaban J connectivity index is 1.47. The largest absolute Gasteiger partial charge is 0.493 e. The molecule has 0 radical (unpaired) electrons. The molecule has 1 aliphatic heterocycles. The predicted molar refractivity (Wildman–Crippen MR) is 124 cm³/mol. The van der Waals surface area contributed by atoms with Gasteiger partial charge in [0.25, 0.3) is 0 Å². The summed E-state index contributed by atoms with van der Waals surface area (Å²) in [7, 11) is 1.57. The topological polar surface area (TPSA) is 94.4 Å². The Kier molecular flexibility index (Phi) is 5.61. The average Bonchev–Trinajstić information content (AvgIpc) is 3.50. The van der Waals surface area contributed by atoms with Gasteiger partial charge in [-0.1, -0.05) is 6.07 Å². The molecule has 8 nitrogen and oxygen atoms in total. The van der Waals surface area contributed by atoms with Crippen molar-refractivity contribution in [3.63, 3.8) is 0 Å². The average molecular weight is 473 g/mol. The van der Waals surface area contributed by atoms with E-state index < -0.39 is 17.0 Å². The number of pyridine rings is 1. The predicted octanol–water partition coefficient (Wildman–Crippen LogP) is 4.23. The number of fused-ring (bicyclic) bond motifs is 1. The van der Waals surface area contributed by atoms with E-state index in [0.717, 1.165) is 23.4 Å². The molecular formula is C25H21F2N7O. The van der Waals surface area contributed by atoms with Gasteiger partial charge in [-0.2, -0.15) is 10.4 Å². The second-order valence-electron chi connectivity index (χ2n) is 8.32. The number of ether oxygens (including phenoxy) is 1.